The number of aliphatic hydroxyl groups is 1. The molecule has 0 aromatic heterocycles. The Balaban J connectivity index is 1.81. The Morgan fingerprint density at radius 2 is 1.90 bits per heavy atom. The van der Waals surface area contributed by atoms with E-state index in [0.29, 0.717) is 6.04 Å². The molecule has 1 heterocycles. The van der Waals surface area contributed by atoms with Crippen LogP contribution in [-0.4, -0.2) is 48.5 Å². The summed E-state index contributed by atoms with van der Waals surface area (Å²) in [4.78, 5) is 2.31. The van der Waals surface area contributed by atoms with Crippen molar-refractivity contribution in [3.05, 3.63) is 0 Å². The first kappa shape index (κ1) is 6.58. The summed E-state index contributed by atoms with van der Waals surface area (Å²) in [5.41, 5.74) is 0. The third-order valence-corrected chi connectivity index (χ3v) is 2.24. The van der Waals surface area contributed by atoms with Crippen molar-refractivity contribution in [2.75, 3.05) is 26.3 Å². The minimum Gasteiger partial charge on any atom is -0.391 e. The molecule has 0 aromatic carbocycles. The molecule has 0 radical (unpaired) electrons. The van der Waals surface area contributed by atoms with Crippen LogP contribution in [0.4, 0.5) is 0 Å². The lowest BCUT2D eigenvalue weighted by Gasteiger charge is -2.26. The summed E-state index contributed by atoms with van der Waals surface area (Å²) in [6.07, 6.45) is 0.929. The normalized spacial score (nSPS) is 41.7. The summed E-state index contributed by atoms with van der Waals surface area (Å²) >= 11 is 0. The van der Waals surface area contributed by atoms with Gasteiger partial charge in [-0.3, -0.25) is 4.90 Å². The molecule has 3 heteroatoms. The van der Waals surface area contributed by atoms with Crippen LogP contribution in [0.25, 0.3) is 0 Å². The smallest absolute Gasteiger partial charge is 0.0712 e. The fourth-order valence-corrected chi connectivity index (χ4v) is 1.47. The molecule has 1 N–H and O–H groups in total. The van der Waals surface area contributed by atoms with E-state index in [-0.39, 0.29) is 6.10 Å². The highest BCUT2D eigenvalue weighted by Crippen LogP contribution is 2.27. The molecule has 2 unspecified atom stereocenters. The number of hydrogen-bond donors (Lipinski definition) is 1. The standard InChI is InChI=1S/C7H13NO2/c9-7-5-6(7)8-1-3-10-4-2-8/h6-7,9H,1-5H2. The van der Waals surface area contributed by atoms with E-state index in [4.69, 9.17) is 9.84 Å². The SMILES string of the molecule is OC1CC1N1CCOCC1. The molecule has 1 saturated carbocycles. The third kappa shape index (κ3) is 1.17. The summed E-state index contributed by atoms with van der Waals surface area (Å²) in [6, 6.07) is 0.462. The maximum Gasteiger partial charge on any atom is 0.0712 e. The van der Waals surface area contributed by atoms with Gasteiger partial charge in [0.2, 0.25) is 0 Å². The largest absolute Gasteiger partial charge is 0.391 e. The summed E-state index contributed by atoms with van der Waals surface area (Å²) in [5.74, 6) is 0. The van der Waals surface area contributed by atoms with E-state index in [0.717, 1.165) is 32.7 Å². The van der Waals surface area contributed by atoms with Crippen molar-refractivity contribution in [3.63, 3.8) is 0 Å². The minimum atomic E-state index is -0.0434. The Kier molecular flexibility index (Phi) is 1.64. The predicted molar refractivity (Wildman–Crippen MR) is 36.8 cm³/mol. The number of ether oxygens (including phenoxy) is 1. The molecule has 2 fully saturated rings. The van der Waals surface area contributed by atoms with Gasteiger partial charge in [-0.25, -0.2) is 0 Å². The molecule has 2 atom stereocenters. The first-order chi connectivity index (χ1) is 4.88. The lowest BCUT2D eigenvalue weighted by atomic mass is 10.4. The monoisotopic (exact) mass is 143 g/mol. The zero-order chi connectivity index (χ0) is 6.97. The molecule has 0 amide bonds. The number of hydrogen-bond acceptors (Lipinski definition) is 3. The number of morpholine rings is 1. The van der Waals surface area contributed by atoms with Crippen LogP contribution in [0.1, 0.15) is 6.42 Å². The first-order valence-electron chi connectivity index (χ1n) is 3.88. The van der Waals surface area contributed by atoms with E-state index >= 15 is 0 Å². The fourth-order valence-electron chi connectivity index (χ4n) is 1.47. The van der Waals surface area contributed by atoms with Crippen molar-refractivity contribution in [2.45, 2.75) is 18.6 Å². The Labute approximate surface area is 60.6 Å². The third-order valence-electron chi connectivity index (χ3n) is 2.24. The Morgan fingerprint density at radius 1 is 1.30 bits per heavy atom. The van der Waals surface area contributed by atoms with E-state index in [1.807, 2.05) is 0 Å². The topological polar surface area (TPSA) is 32.7 Å². The zero-order valence-corrected chi connectivity index (χ0v) is 5.99. The van der Waals surface area contributed by atoms with E-state index < -0.39 is 0 Å². The van der Waals surface area contributed by atoms with Gasteiger partial charge in [-0.1, -0.05) is 0 Å². The second-order valence-corrected chi connectivity index (χ2v) is 3.02. The van der Waals surface area contributed by atoms with Gasteiger partial charge in [0, 0.05) is 19.1 Å². The van der Waals surface area contributed by atoms with Gasteiger partial charge in [0.25, 0.3) is 0 Å². The summed E-state index contributed by atoms with van der Waals surface area (Å²) in [5, 5.41) is 9.10. The Morgan fingerprint density at radius 3 is 2.40 bits per heavy atom. The minimum absolute atomic E-state index is 0.0434. The molecule has 0 spiro atoms. The molecule has 0 bridgehead atoms. The first-order valence-corrected chi connectivity index (χ1v) is 3.88. The average Bonchev–Trinajstić information content (AvgIpc) is 2.69. The molecule has 10 heavy (non-hydrogen) atoms. The number of rotatable bonds is 1. The van der Waals surface area contributed by atoms with Crippen LogP contribution in [0.5, 0.6) is 0 Å². The lowest BCUT2D eigenvalue weighted by molar-refractivity contribution is 0.0269. The molecular weight excluding hydrogens is 130 g/mol. The molecule has 58 valence electrons. The van der Waals surface area contributed by atoms with E-state index in [2.05, 4.69) is 4.90 Å². The van der Waals surface area contributed by atoms with Crippen LogP contribution in [0.15, 0.2) is 0 Å². The maximum absolute atomic E-state index is 9.10. The van der Waals surface area contributed by atoms with Gasteiger partial charge in [0.15, 0.2) is 0 Å². The number of nitrogens with zero attached hydrogens (tertiary/aromatic N) is 1. The number of aliphatic hydroxyl groups excluding tert-OH is 1. The Bertz CT molecular complexity index is 123. The van der Waals surface area contributed by atoms with Gasteiger partial charge in [-0.05, 0) is 6.42 Å². The predicted octanol–water partition coefficient (Wildman–Crippen LogP) is -0.548. The fraction of sp³-hybridized carbons (Fsp3) is 1.00. The summed E-state index contributed by atoms with van der Waals surface area (Å²) in [7, 11) is 0. The molecule has 3 nitrogen and oxygen atoms in total. The zero-order valence-electron chi connectivity index (χ0n) is 5.99. The van der Waals surface area contributed by atoms with Crippen LogP contribution in [0, 0.1) is 0 Å². The second kappa shape index (κ2) is 2.49. The quantitative estimate of drug-likeness (QED) is 0.534. The van der Waals surface area contributed by atoms with Gasteiger partial charge >= 0.3 is 0 Å². The Hall–Kier alpha value is -0.120. The molecule has 2 aliphatic rings. The molecule has 0 aromatic rings. The van der Waals surface area contributed by atoms with Gasteiger partial charge in [-0.2, -0.15) is 0 Å². The van der Waals surface area contributed by atoms with Crippen molar-refractivity contribution in [1.82, 2.24) is 4.90 Å². The highest BCUT2D eigenvalue weighted by molar-refractivity contribution is 4.95. The van der Waals surface area contributed by atoms with E-state index in [1.165, 1.54) is 0 Å². The van der Waals surface area contributed by atoms with E-state index in [9.17, 15) is 0 Å². The van der Waals surface area contributed by atoms with Crippen LogP contribution >= 0.6 is 0 Å². The maximum atomic E-state index is 9.10. The molecule has 2 rings (SSSR count). The van der Waals surface area contributed by atoms with Gasteiger partial charge < -0.3 is 9.84 Å². The lowest BCUT2D eigenvalue weighted by Crippen LogP contribution is -2.38. The van der Waals surface area contributed by atoms with Crippen LogP contribution in [-0.2, 0) is 4.74 Å². The van der Waals surface area contributed by atoms with Gasteiger partial charge in [0.1, 0.15) is 0 Å². The molecule has 1 aliphatic carbocycles. The summed E-state index contributed by atoms with van der Waals surface area (Å²) in [6.45, 7) is 3.68. The van der Waals surface area contributed by atoms with Crippen molar-refractivity contribution in [1.29, 1.82) is 0 Å². The molecular formula is C7H13NO2. The summed E-state index contributed by atoms with van der Waals surface area (Å²) < 4.78 is 5.19. The average molecular weight is 143 g/mol. The highest BCUT2D eigenvalue weighted by atomic mass is 16.5. The van der Waals surface area contributed by atoms with Crippen molar-refractivity contribution in [3.8, 4) is 0 Å². The highest BCUT2D eigenvalue weighted by Gasteiger charge is 2.40. The molecule has 1 aliphatic heterocycles. The van der Waals surface area contributed by atoms with Gasteiger partial charge in [-0.15, -0.1) is 0 Å². The van der Waals surface area contributed by atoms with Crippen LogP contribution < -0.4 is 0 Å². The second-order valence-electron chi connectivity index (χ2n) is 3.02. The molecule has 1 saturated heterocycles. The van der Waals surface area contributed by atoms with Gasteiger partial charge in [0.05, 0.1) is 19.3 Å². The van der Waals surface area contributed by atoms with E-state index in [1.54, 1.807) is 0 Å². The van der Waals surface area contributed by atoms with Crippen molar-refractivity contribution >= 4 is 0 Å². The van der Waals surface area contributed by atoms with Crippen molar-refractivity contribution < 1.29 is 9.84 Å². The van der Waals surface area contributed by atoms with Crippen LogP contribution in [0.2, 0.25) is 0 Å². The van der Waals surface area contributed by atoms with Crippen molar-refractivity contribution in [2.24, 2.45) is 0 Å². The van der Waals surface area contributed by atoms with Crippen LogP contribution in [0.3, 0.4) is 0 Å².